The lowest BCUT2D eigenvalue weighted by Crippen LogP contribution is -2.11. The van der Waals surface area contributed by atoms with Gasteiger partial charge in [-0.15, -0.1) is 0 Å². The van der Waals surface area contributed by atoms with E-state index >= 15 is 0 Å². The number of phenolic OH excluding ortho intramolecular Hbond substituents is 1. The fourth-order valence-electron chi connectivity index (χ4n) is 1.40. The third kappa shape index (κ3) is 2.17. The van der Waals surface area contributed by atoms with Gasteiger partial charge in [-0.2, -0.15) is 0 Å². The van der Waals surface area contributed by atoms with E-state index in [0.717, 1.165) is 24.1 Å². The van der Waals surface area contributed by atoms with E-state index in [4.69, 9.17) is 4.74 Å². The molecule has 0 saturated carbocycles. The molecule has 0 amide bonds. The summed E-state index contributed by atoms with van der Waals surface area (Å²) in [7, 11) is 3.48. The predicted octanol–water partition coefficient (Wildman–Crippen LogP) is 1.47. The van der Waals surface area contributed by atoms with Crippen molar-refractivity contribution in [3.8, 4) is 11.5 Å². The molecule has 3 nitrogen and oxygen atoms in total. The van der Waals surface area contributed by atoms with Crippen LogP contribution in [0.4, 0.5) is 0 Å². The number of nitrogens with one attached hydrogen (secondary N) is 1. The van der Waals surface area contributed by atoms with Crippen LogP contribution in [0, 0.1) is 6.92 Å². The van der Waals surface area contributed by atoms with E-state index < -0.39 is 0 Å². The van der Waals surface area contributed by atoms with Gasteiger partial charge in [0.05, 0.1) is 7.11 Å². The molecule has 0 saturated heterocycles. The van der Waals surface area contributed by atoms with E-state index in [-0.39, 0.29) is 5.75 Å². The Labute approximate surface area is 84.7 Å². The van der Waals surface area contributed by atoms with E-state index in [9.17, 15) is 5.11 Å². The average molecular weight is 195 g/mol. The topological polar surface area (TPSA) is 41.5 Å². The monoisotopic (exact) mass is 195 g/mol. The number of rotatable bonds is 4. The Morgan fingerprint density at radius 1 is 1.43 bits per heavy atom. The fraction of sp³-hybridized carbons (Fsp3) is 0.455. The Morgan fingerprint density at radius 3 is 2.71 bits per heavy atom. The van der Waals surface area contributed by atoms with Crippen molar-refractivity contribution in [2.24, 2.45) is 0 Å². The standard InChI is InChI=1S/C11H17NO2/c1-8-4-5-9(6-7-12-2)11(14-3)10(8)13/h4-5,12-13H,6-7H2,1-3H3. The molecule has 1 rings (SSSR count). The zero-order valence-corrected chi connectivity index (χ0v) is 8.92. The van der Waals surface area contributed by atoms with Gasteiger partial charge in [0.15, 0.2) is 11.5 Å². The molecule has 0 radical (unpaired) electrons. The first-order chi connectivity index (χ1) is 6.70. The summed E-state index contributed by atoms with van der Waals surface area (Å²) >= 11 is 0. The summed E-state index contributed by atoms with van der Waals surface area (Å²) < 4.78 is 5.18. The number of methoxy groups -OCH3 is 1. The van der Waals surface area contributed by atoms with Crippen LogP contribution in [-0.4, -0.2) is 25.8 Å². The molecule has 0 heterocycles. The van der Waals surface area contributed by atoms with Crippen LogP contribution in [-0.2, 0) is 6.42 Å². The molecular formula is C11H17NO2. The minimum absolute atomic E-state index is 0.251. The number of hydrogen-bond donors (Lipinski definition) is 2. The largest absolute Gasteiger partial charge is 0.504 e. The first-order valence-electron chi connectivity index (χ1n) is 4.70. The van der Waals surface area contributed by atoms with Crippen LogP contribution < -0.4 is 10.1 Å². The van der Waals surface area contributed by atoms with Crippen molar-refractivity contribution < 1.29 is 9.84 Å². The smallest absolute Gasteiger partial charge is 0.163 e. The zero-order chi connectivity index (χ0) is 10.6. The second-order valence-corrected chi connectivity index (χ2v) is 3.28. The molecule has 2 N–H and O–H groups in total. The summed E-state index contributed by atoms with van der Waals surface area (Å²) in [5.74, 6) is 0.848. The van der Waals surface area contributed by atoms with Crippen molar-refractivity contribution in [2.75, 3.05) is 20.7 Å². The number of ether oxygens (including phenoxy) is 1. The molecule has 0 aromatic heterocycles. The van der Waals surface area contributed by atoms with Gasteiger partial charge in [0, 0.05) is 0 Å². The average Bonchev–Trinajstić information content (AvgIpc) is 2.20. The van der Waals surface area contributed by atoms with Crippen LogP contribution in [0.1, 0.15) is 11.1 Å². The maximum Gasteiger partial charge on any atom is 0.163 e. The summed E-state index contributed by atoms with van der Waals surface area (Å²) in [6.45, 7) is 2.73. The van der Waals surface area contributed by atoms with Crippen molar-refractivity contribution in [1.82, 2.24) is 5.32 Å². The van der Waals surface area contributed by atoms with E-state index in [1.54, 1.807) is 7.11 Å². The van der Waals surface area contributed by atoms with Crippen molar-refractivity contribution in [2.45, 2.75) is 13.3 Å². The van der Waals surface area contributed by atoms with E-state index in [1.165, 1.54) is 0 Å². The summed E-state index contributed by atoms with van der Waals surface area (Å²) in [5.41, 5.74) is 1.88. The Morgan fingerprint density at radius 2 is 2.14 bits per heavy atom. The van der Waals surface area contributed by atoms with Crippen LogP contribution in [0.3, 0.4) is 0 Å². The minimum atomic E-state index is 0.251. The van der Waals surface area contributed by atoms with Gasteiger partial charge in [0.1, 0.15) is 0 Å². The van der Waals surface area contributed by atoms with Gasteiger partial charge >= 0.3 is 0 Å². The highest BCUT2D eigenvalue weighted by atomic mass is 16.5. The van der Waals surface area contributed by atoms with Gasteiger partial charge in [0.2, 0.25) is 0 Å². The molecule has 0 unspecified atom stereocenters. The van der Waals surface area contributed by atoms with Gasteiger partial charge in [-0.3, -0.25) is 0 Å². The molecule has 0 aliphatic heterocycles. The molecule has 0 atom stereocenters. The second-order valence-electron chi connectivity index (χ2n) is 3.28. The first kappa shape index (κ1) is 10.9. The van der Waals surface area contributed by atoms with Crippen molar-refractivity contribution in [1.29, 1.82) is 0 Å². The molecule has 0 aliphatic rings. The van der Waals surface area contributed by atoms with Crippen molar-refractivity contribution >= 4 is 0 Å². The summed E-state index contributed by atoms with van der Waals surface area (Å²) in [6, 6.07) is 3.90. The number of aryl methyl sites for hydroxylation is 1. The van der Waals surface area contributed by atoms with Gasteiger partial charge < -0.3 is 15.2 Å². The Hall–Kier alpha value is -1.22. The van der Waals surface area contributed by atoms with Gasteiger partial charge in [-0.25, -0.2) is 0 Å². The SMILES string of the molecule is CNCCc1ccc(C)c(O)c1OC. The molecular weight excluding hydrogens is 178 g/mol. The molecule has 0 fully saturated rings. The molecule has 1 aromatic rings. The predicted molar refractivity (Wildman–Crippen MR) is 57.0 cm³/mol. The number of benzene rings is 1. The number of likely N-dealkylation sites (N-methyl/N-ethyl adjacent to an activating group) is 1. The molecule has 0 aliphatic carbocycles. The van der Waals surface area contributed by atoms with Crippen LogP contribution in [0.25, 0.3) is 0 Å². The van der Waals surface area contributed by atoms with E-state index in [1.807, 2.05) is 26.1 Å². The highest BCUT2D eigenvalue weighted by Gasteiger charge is 2.09. The quantitative estimate of drug-likeness (QED) is 0.764. The minimum Gasteiger partial charge on any atom is -0.504 e. The summed E-state index contributed by atoms with van der Waals surface area (Å²) in [6.07, 6.45) is 0.855. The van der Waals surface area contributed by atoms with Gasteiger partial charge in [-0.1, -0.05) is 12.1 Å². The van der Waals surface area contributed by atoms with Crippen LogP contribution in [0.5, 0.6) is 11.5 Å². The van der Waals surface area contributed by atoms with Crippen molar-refractivity contribution in [3.63, 3.8) is 0 Å². The number of hydrogen-bond acceptors (Lipinski definition) is 3. The van der Waals surface area contributed by atoms with E-state index in [0.29, 0.717) is 5.75 Å². The number of aromatic hydroxyl groups is 1. The lowest BCUT2D eigenvalue weighted by Gasteiger charge is -2.11. The third-order valence-corrected chi connectivity index (χ3v) is 2.26. The molecule has 0 spiro atoms. The van der Waals surface area contributed by atoms with Crippen LogP contribution in [0.15, 0.2) is 12.1 Å². The number of phenols is 1. The maximum atomic E-state index is 9.73. The third-order valence-electron chi connectivity index (χ3n) is 2.26. The van der Waals surface area contributed by atoms with Gasteiger partial charge in [0.25, 0.3) is 0 Å². The molecule has 14 heavy (non-hydrogen) atoms. The summed E-state index contributed by atoms with van der Waals surface area (Å²) in [5, 5.41) is 12.8. The van der Waals surface area contributed by atoms with Crippen LogP contribution >= 0.6 is 0 Å². The molecule has 3 heteroatoms. The Balaban J connectivity index is 2.98. The van der Waals surface area contributed by atoms with E-state index in [2.05, 4.69) is 5.32 Å². The Bertz CT molecular complexity index is 310. The molecule has 78 valence electrons. The van der Waals surface area contributed by atoms with Crippen LogP contribution in [0.2, 0.25) is 0 Å². The van der Waals surface area contributed by atoms with Gasteiger partial charge in [-0.05, 0) is 38.1 Å². The lowest BCUT2D eigenvalue weighted by atomic mass is 10.1. The maximum absolute atomic E-state index is 9.73. The summed E-state index contributed by atoms with van der Waals surface area (Å²) in [4.78, 5) is 0. The zero-order valence-electron chi connectivity index (χ0n) is 8.92. The fourth-order valence-corrected chi connectivity index (χ4v) is 1.40. The first-order valence-corrected chi connectivity index (χ1v) is 4.70. The van der Waals surface area contributed by atoms with Crippen molar-refractivity contribution in [3.05, 3.63) is 23.3 Å². The highest BCUT2D eigenvalue weighted by molar-refractivity contribution is 5.50. The molecule has 1 aromatic carbocycles. The lowest BCUT2D eigenvalue weighted by molar-refractivity contribution is 0.367. The molecule has 0 bridgehead atoms. The normalized spacial score (nSPS) is 10.2. The Kier molecular flexibility index (Phi) is 3.77. The highest BCUT2D eigenvalue weighted by Crippen LogP contribution is 2.33. The second kappa shape index (κ2) is 4.86.